The lowest BCUT2D eigenvalue weighted by Crippen LogP contribution is -2.52. The zero-order valence-corrected chi connectivity index (χ0v) is 19.9. The van der Waals surface area contributed by atoms with E-state index in [2.05, 4.69) is 4.72 Å². The lowest BCUT2D eigenvalue weighted by molar-refractivity contribution is -0.151. The summed E-state index contributed by atoms with van der Waals surface area (Å²) >= 11 is 0. The number of amides is 1. The van der Waals surface area contributed by atoms with Crippen LogP contribution in [0.1, 0.15) is 18.1 Å². The predicted molar refractivity (Wildman–Crippen MR) is 127 cm³/mol. The summed E-state index contributed by atoms with van der Waals surface area (Å²) in [5, 5.41) is 10.7. The molecule has 8 nitrogen and oxygen atoms in total. The van der Waals surface area contributed by atoms with Crippen LogP contribution in [0, 0.1) is 11.3 Å². The minimum absolute atomic E-state index is 0.0208. The lowest BCUT2D eigenvalue weighted by Gasteiger charge is -2.28. The number of methoxy groups -OCH3 is 1. The van der Waals surface area contributed by atoms with Crippen LogP contribution in [0.2, 0.25) is 0 Å². The maximum Gasteiger partial charge on any atom is 0.328 e. The maximum atomic E-state index is 13.3. The average Bonchev–Trinajstić information content (AvgIpc) is 2.86. The fourth-order valence-electron chi connectivity index (χ4n) is 3.49. The Morgan fingerprint density at radius 2 is 1.71 bits per heavy atom. The zero-order chi connectivity index (χ0) is 24.9. The largest absolute Gasteiger partial charge is 0.467 e. The van der Waals surface area contributed by atoms with Crippen molar-refractivity contribution in [3.63, 3.8) is 0 Å². The van der Waals surface area contributed by atoms with Crippen LogP contribution < -0.4 is 4.72 Å². The number of hydrogen-bond donors (Lipinski definition) is 1. The minimum Gasteiger partial charge on any atom is -0.467 e. The van der Waals surface area contributed by atoms with Gasteiger partial charge in [0.05, 0.1) is 23.6 Å². The lowest BCUT2D eigenvalue weighted by atomic mass is 10.0. The first-order chi connectivity index (χ1) is 16.2. The van der Waals surface area contributed by atoms with E-state index in [-0.39, 0.29) is 11.3 Å². The van der Waals surface area contributed by atoms with E-state index in [0.29, 0.717) is 11.1 Å². The van der Waals surface area contributed by atoms with Crippen molar-refractivity contribution in [3.05, 3.63) is 77.9 Å². The van der Waals surface area contributed by atoms with Crippen LogP contribution in [0.3, 0.4) is 0 Å². The molecule has 2 atom stereocenters. The molecule has 0 aliphatic carbocycles. The van der Waals surface area contributed by atoms with Crippen molar-refractivity contribution in [3.8, 4) is 6.07 Å². The second-order valence-electron chi connectivity index (χ2n) is 7.84. The molecule has 0 radical (unpaired) electrons. The third kappa shape index (κ3) is 5.60. The number of carbonyl (C=O) groups is 2. The van der Waals surface area contributed by atoms with Crippen molar-refractivity contribution in [2.75, 3.05) is 14.2 Å². The van der Waals surface area contributed by atoms with Gasteiger partial charge in [-0.1, -0.05) is 42.5 Å². The Morgan fingerprint density at radius 3 is 2.32 bits per heavy atom. The van der Waals surface area contributed by atoms with Gasteiger partial charge in [0.15, 0.2) is 0 Å². The third-order valence-corrected chi connectivity index (χ3v) is 7.09. The van der Waals surface area contributed by atoms with Gasteiger partial charge in [0, 0.05) is 7.05 Å². The number of rotatable bonds is 8. The van der Waals surface area contributed by atoms with Crippen LogP contribution in [0.5, 0.6) is 0 Å². The molecule has 1 N–H and O–H groups in total. The molecule has 9 heteroatoms. The van der Waals surface area contributed by atoms with Crippen molar-refractivity contribution in [1.29, 1.82) is 5.26 Å². The molecule has 176 valence electrons. The number of nitrogens with one attached hydrogen (secondary N) is 1. The molecule has 0 spiro atoms. The van der Waals surface area contributed by atoms with Crippen LogP contribution >= 0.6 is 0 Å². The molecule has 0 fully saturated rings. The molecule has 0 saturated heterocycles. The monoisotopic (exact) mass is 479 g/mol. The molecule has 3 aromatic carbocycles. The third-order valence-electron chi connectivity index (χ3n) is 5.62. The highest BCUT2D eigenvalue weighted by Crippen LogP contribution is 2.20. The Morgan fingerprint density at radius 1 is 1.06 bits per heavy atom. The SMILES string of the molecule is COC(=O)C(C)N(C)C(=O)C(Cc1ccc(C#N)cc1)NS(=O)(=O)c1ccc2ccccc2c1. The first-order valence-electron chi connectivity index (χ1n) is 10.5. The van der Waals surface area contributed by atoms with Gasteiger partial charge in [-0.05, 0) is 53.9 Å². The number of nitrogens with zero attached hydrogens (tertiary/aromatic N) is 2. The number of hydrogen-bond acceptors (Lipinski definition) is 6. The summed E-state index contributed by atoms with van der Waals surface area (Å²) in [4.78, 5) is 26.4. The Balaban J connectivity index is 1.94. The van der Waals surface area contributed by atoms with Crippen LogP contribution in [0.25, 0.3) is 10.8 Å². The molecule has 0 saturated carbocycles. The Kier molecular flexibility index (Phi) is 7.66. The second-order valence-corrected chi connectivity index (χ2v) is 9.56. The van der Waals surface area contributed by atoms with Crippen molar-refractivity contribution in [1.82, 2.24) is 9.62 Å². The van der Waals surface area contributed by atoms with Gasteiger partial charge in [-0.3, -0.25) is 4.79 Å². The van der Waals surface area contributed by atoms with Gasteiger partial charge < -0.3 is 9.64 Å². The smallest absolute Gasteiger partial charge is 0.328 e. The van der Waals surface area contributed by atoms with E-state index >= 15 is 0 Å². The Bertz CT molecular complexity index is 1350. The van der Waals surface area contributed by atoms with Crippen molar-refractivity contribution < 1.29 is 22.7 Å². The molecule has 0 heterocycles. The standard InChI is InChI=1S/C25H25N3O5S/c1-17(25(30)33-3)28(2)24(29)23(14-18-8-10-19(16-26)11-9-18)27-34(31,32)22-13-12-20-6-4-5-7-21(20)15-22/h4-13,15,17,23,27H,14H2,1-3H3. The summed E-state index contributed by atoms with van der Waals surface area (Å²) in [5.41, 5.74) is 1.09. The Hall–Kier alpha value is -3.74. The van der Waals surface area contributed by atoms with Gasteiger partial charge in [0.2, 0.25) is 15.9 Å². The van der Waals surface area contributed by atoms with Crippen LogP contribution in [-0.4, -0.2) is 51.4 Å². The molecule has 1 amide bonds. The van der Waals surface area contributed by atoms with Gasteiger partial charge in [-0.15, -0.1) is 0 Å². The summed E-state index contributed by atoms with van der Waals surface area (Å²) in [6, 6.07) is 18.5. The van der Waals surface area contributed by atoms with Gasteiger partial charge in [-0.2, -0.15) is 9.98 Å². The molecule has 3 rings (SSSR count). The fourth-order valence-corrected chi connectivity index (χ4v) is 4.71. The highest BCUT2D eigenvalue weighted by molar-refractivity contribution is 7.89. The van der Waals surface area contributed by atoms with Crippen molar-refractivity contribution in [2.45, 2.75) is 30.3 Å². The zero-order valence-electron chi connectivity index (χ0n) is 19.1. The first kappa shape index (κ1) is 24.9. The van der Waals surface area contributed by atoms with Crippen molar-refractivity contribution in [2.24, 2.45) is 0 Å². The van der Waals surface area contributed by atoms with E-state index in [1.165, 1.54) is 27.1 Å². The van der Waals surface area contributed by atoms with E-state index < -0.39 is 34.0 Å². The molecule has 0 bridgehead atoms. The number of carbonyl (C=O) groups excluding carboxylic acids is 2. The summed E-state index contributed by atoms with van der Waals surface area (Å²) in [6.45, 7) is 1.50. The average molecular weight is 480 g/mol. The van der Waals surface area contributed by atoms with Crippen LogP contribution in [0.4, 0.5) is 0 Å². The number of sulfonamides is 1. The van der Waals surface area contributed by atoms with Gasteiger partial charge in [-0.25, -0.2) is 13.2 Å². The highest BCUT2D eigenvalue weighted by atomic mass is 32.2. The van der Waals surface area contributed by atoms with Gasteiger partial charge >= 0.3 is 5.97 Å². The van der Waals surface area contributed by atoms with Crippen molar-refractivity contribution >= 4 is 32.7 Å². The number of esters is 1. The number of fused-ring (bicyclic) bond motifs is 1. The molecule has 34 heavy (non-hydrogen) atoms. The summed E-state index contributed by atoms with van der Waals surface area (Å²) < 4.78 is 33.7. The summed E-state index contributed by atoms with van der Waals surface area (Å²) in [6.07, 6.45) is 0.0234. The van der Waals surface area contributed by atoms with E-state index in [9.17, 15) is 18.0 Å². The first-order valence-corrected chi connectivity index (χ1v) is 12.0. The van der Waals surface area contributed by atoms with E-state index in [0.717, 1.165) is 15.7 Å². The number of nitriles is 1. The molecular weight excluding hydrogens is 454 g/mol. The molecule has 0 aliphatic rings. The second kappa shape index (κ2) is 10.5. The molecule has 2 unspecified atom stereocenters. The maximum absolute atomic E-state index is 13.3. The van der Waals surface area contributed by atoms with Crippen LogP contribution in [0.15, 0.2) is 71.6 Å². The molecule has 0 aromatic heterocycles. The quantitative estimate of drug-likeness (QED) is 0.497. The van der Waals surface area contributed by atoms with Gasteiger partial charge in [0.25, 0.3) is 0 Å². The molecule has 0 aliphatic heterocycles. The highest BCUT2D eigenvalue weighted by Gasteiger charge is 2.32. The normalized spacial score (nSPS) is 13.0. The Labute approximate surface area is 198 Å². The minimum atomic E-state index is -4.08. The van der Waals surface area contributed by atoms with E-state index in [4.69, 9.17) is 10.00 Å². The molecular formula is C25H25N3O5S. The topological polar surface area (TPSA) is 117 Å². The van der Waals surface area contributed by atoms with E-state index in [1.807, 2.05) is 24.3 Å². The fraction of sp³-hybridized carbons (Fsp3) is 0.240. The molecule has 3 aromatic rings. The number of ether oxygens (including phenoxy) is 1. The number of likely N-dealkylation sites (N-methyl/N-ethyl adjacent to an activating group) is 1. The number of benzene rings is 3. The van der Waals surface area contributed by atoms with E-state index in [1.54, 1.807) is 42.5 Å². The summed E-state index contributed by atoms with van der Waals surface area (Å²) in [5.74, 6) is -1.21. The van der Waals surface area contributed by atoms with Gasteiger partial charge in [0.1, 0.15) is 12.1 Å². The van der Waals surface area contributed by atoms with Crippen LogP contribution in [-0.2, 0) is 30.8 Å². The predicted octanol–water partition coefficient (Wildman–Crippen LogP) is 2.62. The summed E-state index contributed by atoms with van der Waals surface area (Å²) in [7, 11) is -1.45.